The third-order valence-corrected chi connectivity index (χ3v) is 3.14. The molecule has 16 heavy (non-hydrogen) atoms. The van der Waals surface area contributed by atoms with Gasteiger partial charge in [0.2, 0.25) is 0 Å². The molecule has 0 aliphatic heterocycles. The minimum atomic E-state index is -1.35. The average Bonchev–Trinajstić information content (AvgIpc) is 2.24. The van der Waals surface area contributed by atoms with Gasteiger partial charge < -0.3 is 9.84 Å². The second-order valence-electron chi connectivity index (χ2n) is 4.62. The first-order chi connectivity index (χ1) is 7.46. The Kier molecular flexibility index (Phi) is 7.39. The SMILES string of the molecule is CCCCCCC(C)C(C)(O)C(=O)OCC. The van der Waals surface area contributed by atoms with Crippen LogP contribution in [0, 0.1) is 5.92 Å². The van der Waals surface area contributed by atoms with Crippen molar-refractivity contribution in [2.75, 3.05) is 6.61 Å². The van der Waals surface area contributed by atoms with E-state index in [4.69, 9.17) is 4.74 Å². The van der Waals surface area contributed by atoms with Crippen molar-refractivity contribution in [3.63, 3.8) is 0 Å². The summed E-state index contributed by atoms with van der Waals surface area (Å²) in [5, 5.41) is 10.1. The number of ether oxygens (including phenoxy) is 1. The Labute approximate surface area is 99.2 Å². The molecule has 0 fully saturated rings. The lowest BCUT2D eigenvalue weighted by Gasteiger charge is -2.27. The molecule has 3 heteroatoms. The maximum atomic E-state index is 11.5. The summed E-state index contributed by atoms with van der Waals surface area (Å²) in [7, 11) is 0. The molecule has 2 atom stereocenters. The van der Waals surface area contributed by atoms with Gasteiger partial charge in [0, 0.05) is 0 Å². The first-order valence-corrected chi connectivity index (χ1v) is 6.36. The van der Waals surface area contributed by atoms with E-state index in [0.717, 1.165) is 12.8 Å². The molecule has 0 radical (unpaired) electrons. The largest absolute Gasteiger partial charge is 0.464 e. The molecule has 0 bridgehead atoms. The number of carbonyl (C=O) groups excluding carboxylic acids is 1. The molecule has 0 aromatic rings. The van der Waals surface area contributed by atoms with Gasteiger partial charge in [0.15, 0.2) is 5.60 Å². The fourth-order valence-electron chi connectivity index (χ4n) is 1.64. The zero-order valence-electron chi connectivity index (χ0n) is 11.1. The Bertz CT molecular complexity index is 199. The number of esters is 1. The molecule has 0 aliphatic rings. The van der Waals surface area contributed by atoms with E-state index >= 15 is 0 Å². The number of carbonyl (C=O) groups is 1. The van der Waals surface area contributed by atoms with Crippen LogP contribution < -0.4 is 0 Å². The predicted octanol–water partition coefficient (Wildman–Crippen LogP) is 2.91. The molecule has 0 aromatic heterocycles. The number of hydrogen-bond donors (Lipinski definition) is 1. The maximum Gasteiger partial charge on any atom is 0.338 e. The van der Waals surface area contributed by atoms with Crippen LogP contribution >= 0.6 is 0 Å². The van der Waals surface area contributed by atoms with Gasteiger partial charge in [-0.2, -0.15) is 0 Å². The number of unbranched alkanes of at least 4 members (excludes halogenated alkanes) is 3. The summed E-state index contributed by atoms with van der Waals surface area (Å²) < 4.78 is 4.87. The Morgan fingerprint density at radius 1 is 1.31 bits per heavy atom. The number of rotatable bonds is 8. The van der Waals surface area contributed by atoms with Crippen LogP contribution in [0.25, 0.3) is 0 Å². The Balaban J connectivity index is 4.03. The van der Waals surface area contributed by atoms with E-state index < -0.39 is 11.6 Å². The summed E-state index contributed by atoms with van der Waals surface area (Å²) in [4.78, 5) is 11.5. The summed E-state index contributed by atoms with van der Waals surface area (Å²) in [6, 6.07) is 0. The molecule has 0 spiro atoms. The average molecular weight is 230 g/mol. The van der Waals surface area contributed by atoms with Crippen LogP contribution in [0.5, 0.6) is 0 Å². The summed E-state index contributed by atoms with van der Waals surface area (Å²) in [6.45, 7) is 7.69. The fraction of sp³-hybridized carbons (Fsp3) is 0.923. The standard InChI is InChI=1S/C13H26O3/c1-5-7-8-9-10-11(3)13(4,15)12(14)16-6-2/h11,15H,5-10H2,1-4H3. The highest BCUT2D eigenvalue weighted by Crippen LogP contribution is 2.24. The van der Waals surface area contributed by atoms with Crippen molar-refractivity contribution < 1.29 is 14.6 Å². The minimum Gasteiger partial charge on any atom is -0.464 e. The normalized spacial score (nSPS) is 16.6. The van der Waals surface area contributed by atoms with Crippen LogP contribution in [0.2, 0.25) is 0 Å². The second-order valence-corrected chi connectivity index (χ2v) is 4.62. The molecule has 1 N–H and O–H groups in total. The number of hydrogen-bond acceptors (Lipinski definition) is 3. The summed E-state index contributed by atoms with van der Waals surface area (Å²) in [5.74, 6) is -0.554. The monoisotopic (exact) mass is 230 g/mol. The molecule has 0 heterocycles. The molecule has 2 unspecified atom stereocenters. The Morgan fingerprint density at radius 2 is 1.94 bits per heavy atom. The van der Waals surface area contributed by atoms with Crippen molar-refractivity contribution >= 4 is 5.97 Å². The molecule has 0 amide bonds. The predicted molar refractivity (Wildman–Crippen MR) is 65.2 cm³/mol. The van der Waals surface area contributed by atoms with Crippen LogP contribution in [0.15, 0.2) is 0 Å². The molecule has 0 saturated carbocycles. The van der Waals surface area contributed by atoms with Gasteiger partial charge in [-0.15, -0.1) is 0 Å². The lowest BCUT2D eigenvalue weighted by atomic mass is 9.86. The lowest BCUT2D eigenvalue weighted by Crippen LogP contribution is -2.43. The van der Waals surface area contributed by atoms with Gasteiger partial charge in [0.05, 0.1) is 6.61 Å². The third-order valence-electron chi connectivity index (χ3n) is 3.14. The zero-order valence-corrected chi connectivity index (χ0v) is 11.1. The van der Waals surface area contributed by atoms with E-state index in [1.807, 2.05) is 6.92 Å². The number of aliphatic hydroxyl groups is 1. The van der Waals surface area contributed by atoms with Crippen LogP contribution in [-0.4, -0.2) is 23.3 Å². The van der Waals surface area contributed by atoms with Crippen molar-refractivity contribution in [3.05, 3.63) is 0 Å². The van der Waals surface area contributed by atoms with E-state index in [2.05, 4.69) is 6.92 Å². The van der Waals surface area contributed by atoms with Crippen LogP contribution in [0.3, 0.4) is 0 Å². The molecule has 0 rings (SSSR count). The molecule has 0 saturated heterocycles. The van der Waals surface area contributed by atoms with Gasteiger partial charge >= 0.3 is 5.97 Å². The second kappa shape index (κ2) is 7.66. The third kappa shape index (κ3) is 4.97. The van der Waals surface area contributed by atoms with E-state index in [0.29, 0.717) is 6.61 Å². The molecular weight excluding hydrogens is 204 g/mol. The Hall–Kier alpha value is -0.570. The quantitative estimate of drug-likeness (QED) is 0.515. The molecule has 0 aliphatic carbocycles. The van der Waals surface area contributed by atoms with E-state index in [9.17, 15) is 9.90 Å². The zero-order chi connectivity index (χ0) is 12.6. The highest BCUT2D eigenvalue weighted by Gasteiger charge is 2.37. The van der Waals surface area contributed by atoms with Crippen molar-refractivity contribution in [2.45, 2.75) is 65.4 Å². The maximum absolute atomic E-state index is 11.5. The van der Waals surface area contributed by atoms with Gasteiger partial charge in [-0.25, -0.2) is 4.79 Å². The van der Waals surface area contributed by atoms with Crippen LogP contribution in [0.1, 0.15) is 59.8 Å². The van der Waals surface area contributed by atoms with E-state index in [1.54, 1.807) is 13.8 Å². The molecule has 0 aromatic carbocycles. The highest BCUT2D eigenvalue weighted by atomic mass is 16.5. The van der Waals surface area contributed by atoms with Crippen molar-refractivity contribution in [3.8, 4) is 0 Å². The van der Waals surface area contributed by atoms with Crippen molar-refractivity contribution in [1.29, 1.82) is 0 Å². The first-order valence-electron chi connectivity index (χ1n) is 6.36. The van der Waals surface area contributed by atoms with Crippen LogP contribution in [-0.2, 0) is 9.53 Å². The minimum absolute atomic E-state index is 0.0524. The van der Waals surface area contributed by atoms with Crippen molar-refractivity contribution in [2.24, 2.45) is 5.92 Å². The summed E-state index contributed by atoms with van der Waals surface area (Å²) in [5.41, 5.74) is -1.35. The van der Waals surface area contributed by atoms with Crippen molar-refractivity contribution in [1.82, 2.24) is 0 Å². The molecular formula is C13H26O3. The van der Waals surface area contributed by atoms with Gasteiger partial charge in [0.25, 0.3) is 0 Å². The summed E-state index contributed by atoms with van der Waals surface area (Å²) >= 11 is 0. The lowest BCUT2D eigenvalue weighted by molar-refractivity contribution is -0.168. The van der Waals surface area contributed by atoms with E-state index in [-0.39, 0.29) is 5.92 Å². The summed E-state index contributed by atoms with van der Waals surface area (Å²) in [6.07, 6.45) is 5.51. The van der Waals surface area contributed by atoms with E-state index in [1.165, 1.54) is 19.3 Å². The van der Waals surface area contributed by atoms with Gasteiger partial charge in [-0.05, 0) is 26.2 Å². The molecule has 3 nitrogen and oxygen atoms in total. The first kappa shape index (κ1) is 15.4. The smallest absolute Gasteiger partial charge is 0.338 e. The van der Waals surface area contributed by atoms with Crippen LogP contribution in [0.4, 0.5) is 0 Å². The Morgan fingerprint density at radius 3 is 2.44 bits per heavy atom. The highest BCUT2D eigenvalue weighted by molar-refractivity contribution is 5.79. The fourth-order valence-corrected chi connectivity index (χ4v) is 1.64. The van der Waals surface area contributed by atoms with Gasteiger partial charge in [-0.3, -0.25) is 0 Å². The molecule has 96 valence electrons. The van der Waals surface area contributed by atoms with Gasteiger partial charge in [-0.1, -0.05) is 39.5 Å². The topological polar surface area (TPSA) is 46.5 Å². The van der Waals surface area contributed by atoms with Gasteiger partial charge in [0.1, 0.15) is 0 Å².